The van der Waals surface area contributed by atoms with Gasteiger partial charge in [-0.25, -0.2) is 9.97 Å². The third-order valence-electron chi connectivity index (χ3n) is 2.57. The van der Waals surface area contributed by atoms with E-state index in [1.54, 1.807) is 12.4 Å². The average molecular weight is 242 g/mol. The minimum atomic E-state index is 0.546. The molecule has 18 heavy (non-hydrogen) atoms. The van der Waals surface area contributed by atoms with Gasteiger partial charge in [0.05, 0.1) is 0 Å². The zero-order chi connectivity index (χ0) is 13.0. The van der Waals surface area contributed by atoms with Crippen molar-refractivity contribution in [2.24, 2.45) is 5.92 Å². The van der Waals surface area contributed by atoms with Gasteiger partial charge in [-0.15, -0.1) is 0 Å². The van der Waals surface area contributed by atoms with Gasteiger partial charge < -0.3 is 5.73 Å². The summed E-state index contributed by atoms with van der Waals surface area (Å²) >= 11 is 0. The van der Waals surface area contributed by atoms with Gasteiger partial charge >= 0.3 is 0 Å². The van der Waals surface area contributed by atoms with Crippen LogP contribution in [-0.2, 0) is 12.8 Å². The monoisotopic (exact) mass is 242 g/mol. The second kappa shape index (κ2) is 5.58. The molecule has 0 radical (unpaired) electrons. The molecule has 0 fully saturated rings. The molecule has 2 aromatic heterocycles. The molecule has 0 aromatic carbocycles. The number of nitrogen functional groups attached to an aromatic ring is 1. The van der Waals surface area contributed by atoms with E-state index in [1.165, 1.54) is 0 Å². The fourth-order valence-electron chi connectivity index (χ4n) is 1.86. The fourth-order valence-corrected chi connectivity index (χ4v) is 1.86. The first-order valence-corrected chi connectivity index (χ1v) is 6.14. The third-order valence-corrected chi connectivity index (χ3v) is 2.57. The van der Waals surface area contributed by atoms with Crippen molar-refractivity contribution in [1.29, 1.82) is 0 Å². The summed E-state index contributed by atoms with van der Waals surface area (Å²) in [6, 6.07) is 5.79. The van der Waals surface area contributed by atoms with Gasteiger partial charge in [-0.3, -0.25) is 4.98 Å². The predicted octanol–water partition coefficient (Wildman–Crippen LogP) is 2.24. The van der Waals surface area contributed by atoms with E-state index in [0.29, 0.717) is 18.2 Å². The van der Waals surface area contributed by atoms with Crippen LogP contribution in [0.1, 0.15) is 30.9 Å². The van der Waals surface area contributed by atoms with E-state index in [2.05, 4.69) is 28.8 Å². The van der Waals surface area contributed by atoms with Crippen LogP contribution in [0.15, 0.2) is 30.6 Å². The summed E-state index contributed by atoms with van der Waals surface area (Å²) in [5, 5.41) is 0. The highest BCUT2D eigenvalue weighted by molar-refractivity contribution is 5.31. The third kappa shape index (κ3) is 3.52. The molecule has 0 saturated carbocycles. The van der Waals surface area contributed by atoms with E-state index in [-0.39, 0.29) is 0 Å². The van der Waals surface area contributed by atoms with E-state index >= 15 is 0 Å². The number of aromatic nitrogens is 3. The maximum Gasteiger partial charge on any atom is 0.135 e. The number of nitrogens with two attached hydrogens (primary N) is 1. The maximum atomic E-state index is 5.83. The SMILES string of the molecule is CC(C)Cc1cc(N)nc(Cc2ccncc2)n1. The van der Waals surface area contributed by atoms with E-state index in [4.69, 9.17) is 5.73 Å². The van der Waals surface area contributed by atoms with Gasteiger partial charge in [0.2, 0.25) is 0 Å². The van der Waals surface area contributed by atoms with Crippen molar-refractivity contribution in [2.75, 3.05) is 5.73 Å². The first-order chi connectivity index (χ1) is 8.63. The van der Waals surface area contributed by atoms with Crippen LogP contribution in [0.2, 0.25) is 0 Å². The van der Waals surface area contributed by atoms with Crippen molar-refractivity contribution >= 4 is 5.82 Å². The number of rotatable bonds is 4. The summed E-state index contributed by atoms with van der Waals surface area (Å²) in [4.78, 5) is 12.8. The highest BCUT2D eigenvalue weighted by atomic mass is 14.9. The number of hydrogen-bond acceptors (Lipinski definition) is 4. The molecule has 0 spiro atoms. The van der Waals surface area contributed by atoms with Gasteiger partial charge in [0.1, 0.15) is 11.6 Å². The summed E-state index contributed by atoms with van der Waals surface area (Å²) in [6.45, 7) is 4.33. The maximum absolute atomic E-state index is 5.83. The van der Waals surface area contributed by atoms with Crippen molar-refractivity contribution in [3.63, 3.8) is 0 Å². The Morgan fingerprint density at radius 3 is 2.56 bits per heavy atom. The summed E-state index contributed by atoms with van der Waals surface area (Å²) in [6.07, 6.45) is 5.17. The number of pyridine rings is 1. The molecule has 4 nitrogen and oxygen atoms in total. The molecule has 2 rings (SSSR count). The normalized spacial score (nSPS) is 10.8. The van der Waals surface area contributed by atoms with E-state index in [1.807, 2.05) is 18.2 Å². The lowest BCUT2D eigenvalue weighted by Gasteiger charge is -2.07. The second-order valence-electron chi connectivity index (χ2n) is 4.83. The topological polar surface area (TPSA) is 64.7 Å². The van der Waals surface area contributed by atoms with Gasteiger partial charge in [0, 0.05) is 30.6 Å². The second-order valence-corrected chi connectivity index (χ2v) is 4.83. The van der Waals surface area contributed by atoms with Crippen LogP contribution in [0.3, 0.4) is 0 Å². The van der Waals surface area contributed by atoms with E-state index in [9.17, 15) is 0 Å². The molecule has 0 aliphatic carbocycles. The average Bonchev–Trinajstić information content (AvgIpc) is 2.28. The largest absolute Gasteiger partial charge is 0.384 e. The van der Waals surface area contributed by atoms with Crippen LogP contribution in [0.25, 0.3) is 0 Å². The molecule has 0 bridgehead atoms. The molecule has 0 aliphatic rings. The quantitative estimate of drug-likeness (QED) is 0.893. The Morgan fingerprint density at radius 1 is 1.17 bits per heavy atom. The summed E-state index contributed by atoms with van der Waals surface area (Å²) in [5.41, 5.74) is 7.99. The van der Waals surface area contributed by atoms with Gasteiger partial charge in [-0.1, -0.05) is 13.8 Å². The predicted molar refractivity (Wildman–Crippen MR) is 72.0 cm³/mol. The lowest BCUT2D eigenvalue weighted by atomic mass is 10.1. The van der Waals surface area contributed by atoms with Crippen molar-refractivity contribution in [3.05, 3.63) is 47.7 Å². The minimum absolute atomic E-state index is 0.546. The lowest BCUT2D eigenvalue weighted by molar-refractivity contribution is 0.631. The van der Waals surface area contributed by atoms with Crippen LogP contribution in [0, 0.1) is 5.92 Å². The Bertz CT molecular complexity index is 508. The molecule has 0 amide bonds. The van der Waals surface area contributed by atoms with Crippen LogP contribution < -0.4 is 5.73 Å². The van der Waals surface area contributed by atoms with Crippen LogP contribution >= 0.6 is 0 Å². The smallest absolute Gasteiger partial charge is 0.135 e. The van der Waals surface area contributed by atoms with E-state index < -0.39 is 0 Å². The molecule has 0 saturated heterocycles. The minimum Gasteiger partial charge on any atom is -0.384 e. The molecule has 4 heteroatoms. The van der Waals surface area contributed by atoms with Crippen molar-refractivity contribution in [3.8, 4) is 0 Å². The van der Waals surface area contributed by atoms with Crippen LogP contribution in [0.4, 0.5) is 5.82 Å². The Balaban J connectivity index is 2.20. The van der Waals surface area contributed by atoms with Crippen molar-refractivity contribution in [1.82, 2.24) is 15.0 Å². The molecular formula is C14H18N4. The molecule has 0 aliphatic heterocycles. The fraction of sp³-hybridized carbons (Fsp3) is 0.357. The zero-order valence-electron chi connectivity index (χ0n) is 10.8. The molecule has 2 N–H and O–H groups in total. The first-order valence-electron chi connectivity index (χ1n) is 6.14. The lowest BCUT2D eigenvalue weighted by Crippen LogP contribution is -2.06. The Hall–Kier alpha value is -1.97. The van der Waals surface area contributed by atoms with Crippen molar-refractivity contribution in [2.45, 2.75) is 26.7 Å². The molecular weight excluding hydrogens is 224 g/mol. The Kier molecular flexibility index (Phi) is 3.87. The first kappa shape index (κ1) is 12.5. The molecule has 2 aromatic rings. The standard InChI is InChI=1S/C14H18N4/c1-10(2)7-12-9-13(15)18-14(17-12)8-11-3-5-16-6-4-11/h3-6,9-10H,7-8H2,1-2H3,(H2,15,17,18). The molecule has 2 heterocycles. The highest BCUT2D eigenvalue weighted by Gasteiger charge is 2.05. The Morgan fingerprint density at radius 2 is 1.89 bits per heavy atom. The summed E-state index contributed by atoms with van der Waals surface area (Å²) in [5.74, 6) is 1.88. The van der Waals surface area contributed by atoms with Gasteiger partial charge in [-0.2, -0.15) is 0 Å². The highest BCUT2D eigenvalue weighted by Crippen LogP contribution is 2.11. The molecule has 0 atom stereocenters. The Labute approximate surface area is 107 Å². The summed E-state index contributed by atoms with van der Waals surface area (Å²) in [7, 11) is 0. The number of hydrogen-bond donors (Lipinski definition) is 1. The van der Waals surface area contributed by atoms with Crippen LogP contribution in [-0.4, -0.2) is 15.0 Å². The number of anilines is 1. The van der Waals surface area contributed by atoms with E-state index in [0.717, 1.165) is 23.5 Å². The summed E-state index contributed by atoms with van der Waals surface area (Å²) < 4.78 is 0. The van der Waals surface area contributed by atoms with Gasteiger partial charge in [0.25, 0.3) is 0 Å². The van der Waals surface area contributed by atoms with Gasteiger partial charge in [0.15, 0.2) is 0 Å². The zero-order valence-corrected chi connectivity index (χ0v) is 10.8. The number of nitrogens with zero attached hydrogens (tertiary/aromatic N) is 3. The molecule has 94 valence electrons. The van der Waals surface area contributed by atoms with Crippen LogP contribution in [0.5, 0.6) is 0 Å². The molecule has 0 unspecified atom stereocenters. The van der Waals surface area contributed by atoms with Gasteiger partial charge in [-0.05, 0) is 30.0 Å². The van der Waals surface area contributed by atoms with Crippen molar-refractivity contribution < 1.29 is 0 Å².